The number of rotatable bonds is 18. The Balaban J connectivity index is 0.000000165. The van der Waals surface area contributed by atoms with E-state index in [1.54, 1.807) is 158 Å². The topological polar surface area (TPSA) is 369 Å². The maximum Gasteiger partial charge on any atom is 0.329 e. The zero-order valence-corrected chi connectivity index (χ0v) is 68.4. The minimum atomic E-state index is -0.488. The molecule has 0 saturated carbocycles. The molecular formula is C97H97F5N18O9. The second-order valence-electron chi connectivity index (χ2n) is 29.9. The number of nitrogens with one attached hydrogen (secondary N) is 6. The molecule has 129 heavy (non-hydrogen) atoms. The lowest BCUT2D eigenvalue weighted by Crippen LogP contribution is -2.37. The third kappa shape index (κ3) is 20.5. The molecule has 14 N–H and O–H groups in total. The number of hydrogen-bond acceptors (Lipinski definition) is 14. The van der Waals surface area contributed by atoms with E-state index < -0.39 is 46.8 Å². The van der Waals surface area contributed by atoms with Gasteiger partial charge in [0.25, 0.3) is 29.5 Å². The van der Waals surface area contributed by atoms with Crippen molar-refractivity contribution in [2.45, 2.75) is 67.3 Å². The van der Waals surface area contributed by atoms with Gasteiger partial charge in [0.05, 0.1) is 116 Å². The Morgan fingerprint density at radius 3 is 1.02 bits per heavy atom. The number of piperidine rings is 1. The first-order valence-electron chi connectivity index (χ1n) is 39.7. The fraction of sp³-hybridized carbons (Fsp3) is 0.165. The van der Waals surface area contributed by atoms with Crippen molar-refractivity contribution in [3.63, 3.8) is 0 Å². The molecule has 664 valence electrons. The van der Waals surface area contributed by atoms with E-state index >= 15 is 0 Å². The molecule has 0 aliphatic carbocycles. The number of halogens is 5. The summed E-state index contributed by atoms with van der Waals surface area (Å²) in [5.74, 6) is -4.07. The average molecular weight is 1750 g/mol. The predicted molar refractivity (Wildman–Crippen MR) is 500 cm³/mol. The number of carbonyl (C=O) groups excluding carboxylic acids is 5. The highest BCUT2D eigenvalue weighted by Crippen LogP contribution is 2.29. The number of fused-ring (bicyclic) bond motifs is 4. The molecule has 32 heteroatoms. The third-order valence-corrected chi connectivity index (χ3v) is 21.6. The van der Waals surface area contributed by atoms with Crippen LogP contribution < -0.4 is 77.6 Å². The molecule has 1 aliphatic heterocycles. The molecule has 17 rings (SSSR count). The van der Waals surface area contributed by atoms with E-state index in [4.69, 9.17) is 22.9 Å². The molecule has 16 aromatic rings. The fourth-order valence-corrected chi connectivity index (χ4v) is 15.0. The number of nitrogens with zero attached hydrogens (tertiary/aromatic N) is 8. The summed E-state index contributed by atoms with van der Waals surface area (Å²) in [5, 5.41) is 16.8. The third-order valence-electron chi connectivity index (χ3n) is 21.6. The van der Waals surface area contributed by atoms with Gasteiger partial charge >= 0.3 is 22.8 Å². The maximum absolute atomic E-state index is 14.1. The Morgan fingerprint density at radius 1 is 0.357 bits per heavy atom. The van der Waals surface area contributed by atoms with Crippen molar-refractivity contribution in [2.24, 2.45) is 21.1 Å². The van der Waals surface area contributed by atoms with Crippen molar-refractivity contribution in [1.82, 2.24) is 47.2 Å². The van der Waals surface area contributed by atoms with E-state index in [1.165, 1.54) is 85.5 Å². The first-order chi connectivity index (χ1) is 60.6. The zero-order chi connectivity index (χ0) is 89.3. The number of nitrogens with two attached hydrogens (primary N) is 4. The second kappa shape index (κ2) is 40.7. The quantitative estimate of drug-likeness (QED) is 0.0282. The average Bonchev–Trinajstić information content (AvgIpc) is 1.62. The lowest BCUT2D eigenvalue weighted by molar-refractivity contribution is 0.0961. The summed E-state index contributed by atoms with van der Waals surface area (Å²) in [6.45, 7) is 2.98. The van der Waals surface area contributed by atoms with Crippen molar-refractivity contribution < 1.29 is 45.9 Å². The molecule has 1 fully saturated rings. The van der Waals surface area contributed by atoms with Crippen molar-refractivity contribution in [2.75, 3.05) is 64.3 Å². The summed E-state index contributed by atoms with van der Waals surface area (Å²) >= 11 is 0. The van der Waals surface area contributed by atoms with Gasteiger partial charge in [-0.3, -0.25) is 60.5 Å². The number of nitrogen functional groups attached to an aromatic ring is 4. The molecule has 0 radical (unpaired) electrons. The van der Waals surface area contributed by atoms with Crippen LogP contribution in [0.2, 0.25) is 0 Å². The van der Waals surface area contributed by atoms with Gasteiger partial charge in [0.2, 0.25) is 0 Å². The number of hydrogen-bond donors (Lipinski definition) is 10. The lowest BCUT2D eigenvalue weighted by Gasteiger charge is -2.24. The maximum atomic E-state index is 14.1. The first kappa shape index (κ1) is 93.6. The molecule has 0 bridgehead atoms. The van der Waals surface area contributed by atoms with Crippen LogP contribution in [0, 0.1) is 29.1 Å². The van der Waals surface area contributed by atoms with Crippen LogP contribution in [0.5, 0.6) is 0 Å². The van der Waals surface area contributed by atoms with Crippen LogP contribution in [0.1, 0.15) is 115 Å². The van der Waals surface area contributed by atoms with E-state index in [9.17, 15) is 65.1 Å². The van der Waals surface area contributed by atoms with Gasteiger partial charge in [-0.1, -0.05) is 113 Å². The van der Waals surface area contributed by atoms with Gasteiger partial charge in [-0.2, -0.15) is 0 Å². The normalized spacial score (nSPS) is 12.0. The monoisotopic (exact) mass is 1750 g/mol. The van der Waals surface area contributed by atoms with E-state index in [0.29, 0.717) is 84.9 Å². The van der Waals surface area contributed by atoms with Gasteiger partial charge in [-0.15, -0.1) is 0 Å². The van der Waals surface area contributed by atoms with Crippen LogP contribution in [0.4, 0.5) is 67.5 Å². The van der Waals surface area contributed by atoms with Crippen LogP contribution in [-0.2, 0) is 47.3 Å². The van der Waals surface area contributed by atoms with E-state index in [-0.39, 0.29) is 111 Å². The highest BCUT2D eigenvalue weighted by molar-refractivity contribution is 6.09. The number of para-hydroxylation sites is 7. The summed E-state index contributed by atoms with van der Waals surface area (Å²) in [4.78, 5) is 114. The predicted octanol–water partition coefficient (Wildman–Crippen LogP) is 15.2. The van der Waals surface area contributed by atoms with Crippen LogP contribution in [0.3, 0.4) is 0 Å². The van der Waals surface area contributed by atoms with Gasteiger partial charge in [0.1, 0.15) is 40.1 Å². The van der Waals surface area contributed by atoms with Crippen LogP contribution in [0.25, 0.3) is 44.1 Å². The minimum absolute atomic E-state index is 0. The SMILES string of the molecule is C.C.C.CNC(=O)c1cccc2c1n(C)c(=O)n2Cc1ccc(C(=O)Nc2ccc(F)cc2N)cc1.Cn1c(=O)n(Cc2ccc(C(=O)Nc3ccc(F)cc3N)cc2)c2cccc(F)c21.Cn1c(=O)n(Cc2ccc(C(=O)Nc3ccc(F)cc3N)cc2)c2cccc(F)c21.Nc1ccccc1NC(=O)c1ccc(Cn2c(=O)n(C3CCCNC3)c3ccccc32)cc1. The second-order valence-corrected chi connectivity index (χ2v) is 29.9. The largest absolute Gasteiger partial charge is 0.397 e. The molecule has 1 unspecified atom stereocenters. The van der Waals surface area contributed by atoms with Gasteiger partial charge in [0, 0.05) is 57.0 Å². The molecule has 1 atom stereocenters. The van der Waals surface area contributed by atoms with Crippen molar-refractivity contribution in [3.05, 3.63) is 376 Å². The summed E-state index contributed by atoms with van der Waals surface area (Å²) in [5.41, 5.74) is 34.6. The highest BCUT2D eigenvalue weighted by atomic mass is 19.1. The van der Waals surface area contributed by atoms with Gasteiger partial charge in [0.15, 0.2) is 0 Å². The molecule has 5 amide bonds. The molecule has 12 aromatic carbocycles. The van der Waals surface area contributed by atoms with Crippen LogP contribution in [-0.4, -0.2) is 86.2 Å². The standard InChI is InChI=1S/C26H27N5O2.C24H22FN5O3.2C22H18F2N4O2.3CH4/c27-21-7-1-2-8-22(21)29-25(32)19-13-11-18(12-14-19)17-30-23-9-3-4-10-24(23)31(26(30)33)20-6-5-15-28-16-20;1-27-23(32)17-4-3-5-20-21(17)29(2)24(33)30(20)13-14-6-8-15(9-7-14)22(31)28-19-11-10-16(25)12-18(19)26;2*1-27-20-16(24)3-2-4-19(20)28(22(27)30)12-13-5-7-14(8-6-13)21(29)26-18-10-9-15(23)11-17(18)25;;;/h1-4,7-14,20,28H,5-6,15-17,27H2,(H,29,32);3-12H,13,26H2,1-2H3,(H,27,32)(H,28,31);2*2-11H,12,25H2,1H3,(H,26,29);3*1H4. The van der Waals surface area contributed by atoms with Crippen LogP contribution >= 0.6 is 0 Å². The Morgan fingerprint density at radius 2 is 0.674 bits per heavy atom. The molecule has 27 nitrogen and oxygen atoms in total. The Kier molecular flexibility index (Phi) is 29.5. The van der Waals surface area contributed by atoms with Gasteiger partial charge < -0.3 is 54.8 Å². The lowest BCUT2D eigenvalue weighted by atomic mass is 10.1. The fourth-order valence-electron chi connectivity index (χ4n) is 15.0. The molecule has 1 aliphatic rings. The Bertz CT molecular complexity index is 6920. The molecule has 1 saturated heterocycles. The number of aromatic nitrogens is 8. The van der Waals surface area contributed by atoms with Crippen LogP contribution in [0.15, 0.2) is 274 Å². The van der Waals surface area contributed by atoms with Crippen molar-refractivity contribution in [3.8, 4) is 0 Å². The van der Waals surface area contributed by atoms with Crippen molar-refractivity contribution in [1.29, 1.82) is 0 Å². The zero-order valence-electron chi connectivity index (χ0n) is 68.4. The number of amides is 5. The highest BCUT2D eigenvalue weighted by Gasteiger charge is 2.25. The van der Waals surface area contributed by atoms with E-state index in [1.807, 2.05) is 57.7 Å². The number of imidazole rings is 4. The Hall–Kier alpha value is -16.1. The van der Waals surface area contributed by atoms with E-state index in [0.717, 1.165) is 77.4 Å². The number of aryl methyl sites for hydroxylation is 3. The van der Waals surface area contributed by atoms with Gasteiger partial charge in [-0.25, -0.2) is 41.1 Å². The molecule has 0 spiro atoms. The van der Waals surface area contributed by atoms with E-state index in [2.05, 4.69) is 31.9 Å². The first-order valence-corrected chi connectivity index (χ1v) is 39.7. The number of benzene rings is 12. The smallest absolute Gasteiger partial charge is 0.329 e. The Labute approximate surface area is 737 Å². The molecular weight excluding hydrogens is 1660 g/mol. The number of anilines is 8. The summed E-state index contributed by atoms with van der Waals surface area (Å²) in [7, 11) is 6.22. The summed E-state index contributed by atoms with van der Waals surface area (Å²) in [6, 6.07) is 68.2. The van der Waals surface area contributed by atoms with Gasteiger partial charge in [-0.05, 0) is 205 Å². The molecule has 5 heterocycles. The number of carbonyl (C=O) groups is 5. The minimum Gasteiger partial charge on any atom is -0.397 e. The summed E-state index contributed by atoms with van der Waals surface area (Å²) < 4.78 is 80.0. The summed E-state index contributed by atoms with van der Waals surface area (Å²) in [6.07, 6.45) is 2.06. The van der Waals surface area contributed by atoms with Crippen molar-refractivity contribution >= 4 is 119 Å². The molecule has 4 aromatic heterocycles.